The van der Waals surface area contributed by atoms with E-state index < -0.39 is 0 Å². The van der Waals surface area contributed by atoms with Crippen LogP contribution in [0.25, 0.3) is 0 Å². The number of aromatic nitrogens is 1. The first kappa shape index (κ1) is 21.3. The zero-order valence-corrected chi connectivity index (χ0v) is 18.1. The highest BCUT2D eigenvalue weighted by molar-refractivity contribution is 14.0. The number of nitrogens with zero attached hydrogens (tertiary/aromatic N) is 2. The van der Waals surface area contributed by atoms with Crippen LogP contribution in [-0.4, -0.2) is 31.7 Å². The van der Waals surface area contributed by atoms with Crippen LogP contribution < -0.4 is 20.1 Å². The molecule has 0 bridgehead atoms. The van der Waals surface area contributed by atoms with Gasteiger partial charge in [0.15, 0.2) is 5.96 Å². The zero-order valence-electron chi connectivity index (χ0n) is 15.8. The Kier molecular flexibility index (Phi) is 8.63. The second-order valence-electron chi connectivity index (χ2n) is 6.39. The maximum Gasteiger partial charge on any atom is 0.213 e. The van der Waals surface area contributed by atoms with Crippen molar-refractivity contribution in [2.75, 3.05) is 20.8 Å². The molecule has 1 aliphatic carbocycles. The van der Waals surface area contributed by atoms with Crippen LogP contribution in [-0.2, 0) is 13.1 Å². The summed E-state index contributed by atoms with van der Waals surface area (Å²) < 4.78 is 10.8. The average molecular weight is 482 g/mol. The molecule has 27 heavy (non-hydrogen) atoms. The fourth-order valence-electron chi connectivity index (χ4n) is 2.42. The largest absolute Gasteiger partial charge is 0.497 e. The lowest BCUT2D eigenvalue weighted by atomic mass is 10.2. The molecule has 1 fully saturated rings. The predicted octanol–water partition coefficient (Wildman–Crippen LogP) is 3.36. The highest BCUT2D eigenvalue weighted by Crippen LogP contribution is 2.29. The molecule has 1 saturated carbocycles. The number of hydrogen-bond donors (Lipinski definition) is 2. The standard InChI is InChI=1S/C20H26N4O2.HI/c1-21-20(23-11-15-5-8-18(25-2)9-6-15)24-13-17-7-10-19(22-12-17)26-14-16-3-4-16;/h5-10,12,16H,3-4,11,13-14H2,1-2H3,(H2,21,23,24);1H. The topological polar surface area (TPSA) is 67.8 Å². The van der Waals surface area contributed by atoms with Crippen molar-refractivity contribution in [2.24, 2.45) is 10.9 Å². The summed E-state index contributed by atoms with van der Waals surface area (Å²) in [6, 6.07) is 11.9. The molecule has 0 radical (unpaired) electrons. The number of nitrogens with one attached hydrogen (secondary N) is 2. The Hall–Kier alpha value is -2.03. The van der Waals surface area contributed by atoms with Crippen LogP contribution >= 0.6 is 24.0 Å². The van der Waals surface area contributed by atoms with Crippen molar-refractivity contribution in [1.29, 1.82) is 0 Å². The van der Waals surface area contributed by atoms with Gasteiger partial charge in [0.25, 0.3) is 0 Å². The normalized spacial score (nSPS) is 13.5. The molecule has 1 aliphatic rings. The molecule has 0 aliphatic heterocycles. The second kappa shape index (κ2) is 11.0. The minimum Gasteiger partial charge on any atom is -0.497 e. The number of benzene rings is 1. The molecule has 1 heterocycles. The number of pyridine rings is 1. The first-order valence-corrected chi connectivity index (χ1v) is 8.92. The van der Waals surface area contributed by atoms with Crippen LogP contribution in [0.15, 0.2) is 47.6 Å². The summed E-state index contributed by atoms with van der Waals surface area (Å²) in [6.07, 6.45) is 4.40. The lowest BCUT2D eigenvalue weighted by Gasteiger charge is -2.12. The van der Waals surface area contributed by atoms with Crippen molar-refractivity contribution in [3.8, 4) is 11.6 Å². The van der Waals surface area contributed by atoms with Crippen LogP contribution in [0.1, 0.15) is 24.0 Å². The van der Waals surface area contributed by atoms with Crippen molar-refractivity contribution in [2.45, 2.75) is 25.9 Å². The Labute approximate surface area is 177 Å². The Morgan fingerprint density at radius 3 is 2.30 bits per heavy atom. The van der Waals surface area contributed by atoms with Crippen LogP contribution in [0.2, 0.25) is 0 Å². The average Bonchev–Trinajstić information content (AvgIpc) is 3.52. The Balaban J connectivity index is 0.00000261. The van der Waals surface area contributed by atoms with Gasteiger partial charge in [0.05, 0.1) is 13.7 Å². The fourth-order valence-corrected chi connectivity index (χ4v) is 2.42. The van der Waals surface area contributed by atoms with Gasteiger partial charge in [-0.25, -0.2) is 4.98 Å². The molecule has 0 unspecified atom stereocenters. The fraction of sp³-hybridized carbons (Fsp3) is 0.400. The Morgan fingerprint density at radius 1 is 1.07 bits per heavy atom. The minimum atomic E-state index is 0. The molecule has 0 saturated heterocycles. The first-order valence-electron chi connectivity index (χ1n) is 8.92. The molecule has 1 aromatic carbocycles. The number of aliphatic imine (C=N–C) groups is 1. The summed E-state index contributed by atoms with van der Waals surface area (Å²) in [4.78, 5) is 8.61. The van der Waals surface area contributed by atoms with Crippen LogP contribution in [0.3, 0.4) is 0 Å². The van der Waals surface area contributed by atoms with Crippen LogP contribution in [0.4, 0.5) is 0 Å². The maximum atomic E-state index is 5.66. The highest BCUT2D eigenvalue weighted by Gasteiger charge is 2.21. The quantitative estimate of drug-likeness (QED) is 0.343. The van der Waals surface area contributed by atoms with E-state index in [9.17, 15) is 0 Å². The summed E-state index contributed by atoms with van der Waals surface area (Å²) in [7, 11) is 3.43. The highest BCUT2D eigenvalue weighted by atomic mass is 127. The molecule has 6 nitrogen and oxygen atoms in total. The number of rotatable bonds is 8. The van der Waals surface area contributed by atoms with Gasteiger partial charge < -0.3 is 20.1 Å². The molecule has 0 atom stereocenters. The number of hydrogen-bond acceptors (Lipinski definition) is 4. The van der Waals surface area contributed by atoms with Gasteiger partial charge in [0.1, 0.15) is 5.75 Å². The summed E-state index contributed by atoms with van der Waals surface area (Å²) in [5.41, 5.74) is 2.24. The summed E-state index contributed by atoms with van der Waals surface area (Å²) in [5, 5.41) is 6.59. The van der Waals surface area contributed by atoms with E-state index >= 15 is 0 Å². The molecular formula is C20H27IN4O2. The summed E-state index contributed by atoms with van der Waals surface area (Å²) in [5.74, 6) is 3.03. The van der Waals surface area contributed by atoms with Gasteiger partial charge in [-0.3, -0.25) is 4.99 Å². The number of ether oxygens (including phenoxy) is 2. The van der Waals surface area contributed by atoms with E-state index in [2.05, 4.69) is 20.6 Å². The van der Waals surface area contributed by atoms with E-state index in [1.54, 1.807) is 14.2 Å². The van der Waals surface area contributed by atoms with Crippen molar-refractivity contribution >= 4 is 29.9 Å². The van der Waals surface area contributed by atoms with Crippen LogP contribution in [0.5, 0.6) is 11.6 Å². The van der Waals surface area contributed by atoms with Gasteiger partial charge >= 0.3 is 0 Å². The van der Waals surface area contributed by atoms with Gasteiger partial charge in [-0.2, -0.15) is 0 Å². The van der Waals surface area contributed by atoms with Crippen LogP contribution in [0, 0.1) is 5.92 Å². The van der Waals surface area contributed by atoms with Gasteiger partial charge in [0, 0.05) is 32.4 Å². The smallest absolute Gasteiger partial charge is 0.213 e. The zero-order chi connectivity index (χ0) is 18.2. The van der Waals surface area contributed by atoms with E-state index in [0.29, 0.717) is 19.0 Å². The van der Waals surface area contributed by atoms with Gasteiger partial charge in [-0.1, -0.05) is 18.2 Å². The SMILES string of the molecule is CN=C(NCc1ccc(OC)cc1)NCc1ccc(OCC2CC2)nc1.I. The van der Waals surface area contributed by atoms with Crippen molar-refractivity contribution in [3.05, 3.63) is 53.7 Å². The minimum absolute atomic E-state index is 0. The van der Waals surface area contributed by atoms with E-state index in [1.807, 2.05) is 42.6 Å². The molecule has 2 N–H and O–H groups in total. The van der Waals surface area contributed by atoms with Gasteiger partial charge in [0.2, 0.25) is 5.88 Å². The summed E-state index contributed by atoms with van der Waals surface area (Å²) in [6.45, 7) is 2.13. The molecule has 0 spiro atoms. The predicted molar refractivity (Wildman–Crippen MR) is 118 cm³/mol. The molecular weight excluding hydrogens is 455 g/mol. The Bertz CT molecular complexity index is 716. The van der Waals surface area contributed by atoms with E-state index in [1.165, 1.54) is 12.8 Å². The Morgan fingerprint density at radius 2 is 1.74 bits per heavy atom. The lowest BCUT2D eigenvalue weighted by Crippen LogP contribution is -2.36. The lowest BCUT2D eigenvalue weighted by molar-refractivity contribution is 0.288. The van der Waals surface area contributed by atoms with E-state index in [0.717, 1.165) is 35.4 Å². The monoisotopic (exact) mass is 482 g/mol. The number of guanidine groups is 1. The molecule has 2 aromatic rings. The third-order valence-electron chi connectivity index (χ3n) is 4.26. The van der Waals surface area contributed by atoms with Crippen molar-refractivity contribution in [3.63, 3.8) is 0 Å². The van der Waals surface area contributed by atoms with Gasteiger partial charge in [-0.05, 0) is 42.0 Å². The second-order valence-corrected chi connectivity index (χ2v) is 6.39. The molecule has 7 heteroatoms. The summed E-state index contributed by atoms with van der Waals surface area (Å²) >= 11 is 0. The van der Waals surface area contributed by atoms with E-state index in [-0.39, 0.29) is 24.0 Å². The molecule has 146 valence electrons. The van der Waals surface area contributed by atoms with Crippen molar-refractivity contribution < 1.29 is 9.47 Å². The third-order valence-corrected chi connectivity index (χ3v) is 4.26. The number of methoxy groups -OCH3 is 1. The molecule has 1 aromatic heterocycles. The molecule has 3 rings (SSSR count). The first-order chi connectivity index (χ1) is 12.8. The number of halogens is 1. The molecule has 0 amide bonds. The van der Waals surface area contributed by atoms with E-state index in [4.69, 9.17) is 9.47 Å². The van der Waals surface area contributed by atoms with Crippen molar-refractivity contribution in [1.82, 2.24) is 15.6 Å². The van der Waals surface area contributed by atoms with Gasteiger partial charge in [-0.15, -0.1) is 24.0 Å². The maximum absolute atomic E-state index is 5.66. The third kappa shape index (κ3) is 7.24.